The number of hydrogen-bond donors (Lipinski definition) is 0. The number of benzene rings is 1. The smallest absolute Gasteiger partial charge is 0.329 e. The second-order valence-corrected chi connectivity index (χ2v) is 10.4. The van der Waals surface area contributed by atoms with Gasteiger partial charge >= 0.3 is 5.97 Å². The standard InChI is InChI=1S/C21H27ClN2O4S/c1-4-13-12-23(29(3,26)27)18-11-16(13)20(21(25)28-2)24-17-8-6-5-7-14(17)15(9-10-22)19(18)24/h5-8,13,16,18,20H,4,9-12H2,1-3H3/t13?,16-,18-,20+/m0/s1. The molecule has 3 heterocycles. The van der Waals surface area contributed by atoms with E-state index in [0.717, 1.165) is 28.6 Å². The quantitative estimate of drug-likeness (QED) is 0.529. The normalized spacial score (nSPS) is 27.0. The zero-order chi connectivity index (χ0) is 20.9. The lowest BCUT2D eigenvalue weighted by atomic mass is 9.73. The van der Waals surface area contributed by atoms with Gasteiger partial charge in [0.2, 0.25) is 10.0 Å². The summed E-state index contributed by atoms with van der Waals surface area (Å²) in [6, 6.07) is 7.21. The van der Waals surface area contributed by atoms with E-state index in [9.17, 15) is 13.2 Å². The summed E-state index contributed by atoms with van der Waals surface area (Å²) < 4.78 is 34.3. The Morgan fingerprint density at radius 3 is 2.66 bits per heavy atom. The number of hydrogen-bond acceptors (Lipinski definition) is 4. The third kappa shape index (κ3) is 3.18. The number of halogens is 1. The molecule has 2 aromatic rings. The minimum absolute atomic E-state index is 0.0302. The van der Waals surface area contributed by atoms with Crippen molar-refractivity contribution < 1.29 is 17.9 Å². The highest BCUT2D eigenvalue weighted by molar-refractivity contribution is 7.88. The van der Waals surface area contributed by atoms with E-state index in [2.05, 4.69) is 11.5 Å². The van der Waals surface area contributed by atoms with E-state index in [4.69, 9.17) is 16.3 Å². The van der Waals surface area contributed by atoms with E-state index >= 15 is 0 Å². The van der Waals surface area contributed by atoms with Gasteiger partial charge in [0.05, 0.1) is 19.4 Å². The number of carbonyl (C=O) groups is 1. The lowest BCUT2D eigenvalue weighted by molar-refractivity contribution is -0.149. The van der Waals surface area contributed by atoms with E-state index < -0.39 is 16.1 Å². The van der Waals surface area contributed by atoms with Crippen LogP contribution in [0.15, 0.2) is 24.3 Å². The van der Waals surface area contributed by atoms with E-state index in [-0.39, 0.29) is 23.8 Å². The number of ether oxygens (including phenoxy) is 1. The predicted molar refractivity (Wildman–Crippen MR) is 114 cm³/mol. The molecule has 1 saturated heterocycles. The van der Waals surface area contributed by atoms with Crippen LogP contribution in [0.2, 0.25) is 0 Å². The largest absolute Gasteiger partial charge is 0.467 e. The number of alkyl halides is 1. The third-order valence-corrected chi connectivity index (χ3v) is 8.10. The molecule has 1 aromatic carbocycles. The van der Waals surface area contributed by atoms with E-state index in [1.165, 1.54) is 13.4 Å². The fourth-order valence-electron chi connectivity index (χ4n) is 5.46. The van der Waals surface area contributed by atoms with Gasteiger partial charge in [-0.25, -0.2) is 13.2 Å². The molecule has 29 heavy (non-hydrogen) atoms. The number of nitrogens with zero attached hydrogens (tertiary/aromatic N) is 2. The molecule has 2 aliphatic heterocycles. The maximum absolute atomic E-state index is 13.0. The molecule has 6 nitrogen and oxygen atoms in total. The highest BCUT2D eigenvalue weighted by Gasteiger charge is 2.51. The van der Waals surface area contributed by atoms with Crippen LogP contribution in [0.3, 0.4) is 0 Å². The summed E-state index contributed by atoms with van der Waals surface area (Å²) >= 11 is 6.13. The van der Waals surface area contributed by atoms with Crippen molar-refractivity contribution in [3.05, 3.63) is 35.5 Å². The van der Waals surface area contributed by atoms with Crippen LogP contribution < -0.4 is 0 Å². The molecule has 0 N–H and O–H groups in total. The van der Waals surface area contributed by atoms with E-state index in [0.29, 0.717) is 25.3 Å². The number of methoxy groups -OCH3 is 1. The van der Waals surface area contributed by atoms with E-state index in [1.54, 1.807) is 4.31 Å². The van der Waals surface area contributed by atoms with Crippen molar-refractivity contribution in [1.82, 2.24) is 8.87 Å². The number of carbonyl (C=O) groups excluding carboxylic acids is 1. The molecule has 2 bridgehead atoms. The van der Waals surface area contributed by atoms with Gasteiger partial charge in [-0.1, -0.05) is 31.5 Å². The van der Waals surface area contributed by atoms with Gasteiger partial charge in [-0.3, -0.25) is 0 Å². The first-order valence-corrected chi connectivity index (χ1v) is 12.4. The Labute approximate surface area is 176 Å². The first-order valence-electron chi connectivity index (χ1n) is 10.1. The molecular formula is C21H27ClN2O4S. The summed E-state index contributed by atoms with van der Waals surface area (Å²) in [7, 11) is -1.98. The number of aromatic nitrogens is 1. The summed E-state index contributed by atoms with van der Waals surface area (Å²) in [5.74, 6) is 0.286. The summed E-state index contributed by atoms with van der Waals surface area (Å²) in [6.07, 6.45) is 3.33. The molecule has 4 rings (SSSR count). The molecule has 158 valence electrons. The first-order chi connectivity index (χ1) is 13.8. The Balaban J connectivity index is 2.06. The molecule has 2 aliphatic rings. The third-order valence-electron chi connectivity index (χ3n) is 6.66. The van der Waals surface area contributed by atoms with Crippen molar-refractivity contribution in [3.8, 4) is 0 Å². The SMILES string of the molecule is CCC1CN(S(C)(=O)=O)[C@H]2C[C@@H]1[C@H](C(=O)OC)n1c2c(CCCl)c2ccccc21. The zero-order valence-electron chi connectivity index (χ0n) is 17.0. The minimum Gasteiger partial charge on any atom is -0.467 e. The van der Waals surface area contributed by atoms with Crippen molar-refractivity contribution >= 4 is 38.5 Å². The van der Waals surface area contributed by atoms with Crippen LogP contribution in [0.25, 0.3) is 10.9 Å². The first kappa shape index (κ1) is 20.7. The maximum atomic E-state index is 13.0. The van der Waals surface area contributed by atoms with Crippen LogP contribution >= 0.6 is 11.6 Å². The van der Waals surface area contributed by atoms with Crippen LogP contribution in [0.4, 0.5) is 0 Å². The summed E-state index contributed by atoms with van der Waals surface area (Å²) in [5.41, 5.74) is 2.88. The van der Waals surface area contributed by atoms with Gasteiger partial charge in [0.15, 0.2) is 0 Å². The topological polar surface area (TPSA) is 68.6 Å². The average molecular weight is 439 g/mol. The van der Waals surface area contributed by atoms with Crippen molar-refractivity contribution in [1.29, 1.82) is 0 Å². The molecule has 0 spiro atoms. The predicted octanol–water partition coefficient (Wildman–Crippen LogP) is 3.50. The number of para-hydroxylation sites is 1. The van der Waals surface area contributed by atoms with E-state index in [1.807, 2.05) is 24.3 Å². The number of fused-ring (bicyclic) bond motifs is 6. The van der Waals surface area contributed by atoms with Crippen molar-refractivity contribution in [2.75, 3.05) is 25.8 Å². The number of aryl methyl sites for hydroxylation is 1. The van der Waals surface area contributed by atoms with Crippen LogP contribution in [0.1, 0.15) is 43.1 Å². The van der Waals surface area contributed by atoms with Crippen molar-refractivity contribution in [3.63, 3.8) is 0 Å². The summed E-state index contributed by atoms with van der Waals surface area (Å²) in [5, 5.41) is 1.03. The molecule has 8 heteroatoms. The van der Waals surface area contributed by atoms with Crippen molar-refractivity contribution in [2.24, 2.45) is 11.8 Å². The molecular weight excluding hydrogens is 412 g/mol. The van der Waals surface area contributed by atoms with Crippen LogP contribution in [-0.4, -0.2) is 49.0 Å². The molecule has 4 atom stereocenters. The van der Waals surface area contributed by atoms with Crippen LogP contribution in [0, 0.1) is 11.8 Å². The molecule has 1 fully saturated rings. The molecule has 1 unspecified atom stereocenters. The number of piperidine rings is 1. The van der Waals surface area contributed by atoms with Gasteiger partial charge in [0.1, 0.15) is 6.04 Å². The number of rotatable bonds is 5. The summed E-state index contributed by atoms with van der Waals surface area (Å²) in [4.78, 5) is 13.0. The second kappa shape index (κ2) is 7.60. The highest BCUT2D eigenvalue weighted by Crippen LogP contribution is 2.52. The Morgan fingerprint density at radius 1 is 1.31 bits per heavy atom. The van der Waals surface area contributed by atoms with Gasteiger partial charge in [-0.15, -0.1) is 11.6 Å². The van der Waals surface area contributed by atoms with Crippen LogP contribution in [-0.2, 0) is 26.0 Å². The fraction of sp³-hybridized carbons (Fsp3) is 0.571. The number of esters is 1. The zero-order valence-corrected chi connectivity index (χ0v) is 18.5. The lowest BCUT2D eigenvalue weighted by Gasteiger charge is -2.49. The Bertz CT molecular complexity index is 1050. The van der Waals surface area contributed by atoms with Gasteiger partial charge in [0.25, 0.3) is 0 Å². The van der Waals surface area contributed by atoms with Gasteiger partial charge in [-0.05, 0) is 36.3 Å². The Hall–Kier alpha value is -1.57. The molecule has 1 aromatic heterocycles. The maximum Gasteiger partial charge on any atom is 0.329 e. The Kier molecular flexibility index (Phi) is 5.42. The molecule has 0 saturated carbocycles. The average Bonchev–Trinajstić information content (AvgIpc) is 3.02. The fourth-order valence-corrected chi connectivity index (χ4v) is 6.76. The summed E-state index contributed by atoms with van der Waals surface area (Å²) in [6.45, 7) is 2.49. The molecule has 0 radical (unpaired) electrons. The van der Waals surface area contributed by atoms with Crippen molar-refractivity contribution in [2.45, 2.75) is 38.3 Å². The molecule has 0 aliphatic carbocycles. The monoisotopic (exact) mass is 438 g/mol. The van der Waals surface area contributed by atoms with Gasteiger partial charge in [0, 0.05) is 29.0 Å². The van der Waals surface area contributed by atoms with Gasteiger partial charge < -0.3 is 9.30 Å². The minimum atomic E-state index is -3.40. The Morgan fingerprint density at radius 2 is 2.03 bits per heavy atom. The van der Waals surface area contributed by atoms with Gasteiger partial charge in [-0.2, -0.15) is 4.31 Å². The lowest BCUT2D eigenvalue weighted by Crippen LogP contribution is -2.52. The van der Waals surface area contributed by atoms with Crippen LogP contribution in [0.5, 0.6) is 0 Å². The molecule has 0 amide bonds. The second-order valence-electron chi connectivity index (χ2n) is 8.07. The number of sulfonamides is 1. The highest BCUT2D eigenvalue weighted by atomic mass is 35.5.